The lowest BCUT2D eigenvalue weighted by atomic mass is 9.77. The van der Waals surface area contributed by atoms with Gasteiger partial charge < -0.3 is 5.11 Å². The van der Waals surface area contributed by atoms with Crippen LogP contribution in [0.25, 0.3) is 16.8 Å². The third kappa shape index (κ3) is 2.31. The molecule has 0 unspecified atom stereocenters. The molecule has 0 aliphatic heterocycles. The number of hydrogen-bond acceptors (Lipinski definition) is 2. The van der Waals surface area contributed by atoms with E-state index in [4.69, 9.17) is 0 Å². The minimum absolute atomic E-state index is 0.00601. The molecule has 0 heterocycles. The molecular weight excluding hydrogens is 300 g/mol. The number of ketones is 1. The van der Waals surface area contributed by atoms with Gasteiger partial charge in [0.1, 0.15) is 5.75 Å². The quantitative estimate of drug-likeness (QED) is 0.696. The van der Waals surface area contributed by atoms with E-state index in [-0.39, 0.29) is 33.7 Å². The van der Waals surface area contributed by atoms with Gasteiger partial charge in [-0.2, -0.15) is 0 Å². The lowest BCUT2D eigenvalue weighted by Crippen LogP contribution is -2.16. The Bertz CT molecular complexity index is 899. The zero-order valence-corrected chi connectivity index (χ0v) is 15.1. The van der Waals surface area contributed by atoms with Crippen molar-refractivity contribution in [1.29, 1.82) is 0 Å². The van der Waals surface area contributed by atoms with Crippen molar-refractivity contribution in [2.24, 2.45) is 0 Å². The maximum absolute atomic E-state index is 12.9. The van der Waals surface area contributed by atoms with Gasteiger partial charge in [-0.1, -0.05) is 41.5 Å². The highest BCUT2D eigenvalue weighted by Gasteiger charge is 2.31. The topological polar surface area (TPSA) is 57.2 Å². The van der Waals surface area contributed by atoms with Crippen LogP contribution in [0.4, 0.5) is 0 Å². The number of phenols is 1. The van der Waals surface area contributed by atoms with Gasteiger partial charge in [0.2, 0.25) is 0 Å². The molecule has 3 rings (SSSR count). The molecule has 0 spiro atoms. The number of rotatable bonds is 0. The fourth-order valence-electron chi connectivity index (χ4n) is 3.35. The lowest BCUT2D eigenvalue weighted by molar-refractivity contribution is 0.104. The number of hydrogen-bond donors (Lipinski definition) is 1. The summed E-state index contributed by atoms with van der Waals surface area (Å²) in [6.07, 6.45) is 2.97. The summed E-state index contributed by atoms with van der Waals surface area (Å²) in [5.41, 5.74) is 1.60. The van der Waals surface area contributed by atoms with E-state index in [9.17, 15) is 15.0 Å². The summed E-state index contributed by atoms with van der Waals surface area (Å²) in [4.78, 5) is 12.4. The summed E-state index contributed by atoms with van der Waals surface area (Å²) < 4.78 is 0. The van der Waals surface area contributed by atoms with Crippen molar-refractivity contribution in [3.05, 3.63) is 40.5 Å². The first-order valence-electron chi connectivity index (χ1n) is 8.20. The molecule has 0 fully saturated rings. The molecule has 1 N–H and O–H groups in total. The summed E-state index contributed by atoms with van der Waals surface area (Å²) in [5, 5.41) is 25.0. The smallest absolute Gasteiger partial charge is 0.190 e. The second-order valence-corrected chi connectivity index (χ2v) is 8.61. The van der Waals surface area contributed by atoms with Crippen LogP contribution in [-0.4, -0.2) is 10.9 Å². The number of phenolic OH excluding ortho intramolecular Hbond substituents is 1. The molecule has 125 valence electrons. The Kier molecular flexibility index (Phi) is 3.35. The van der Waals surface area contributed by atoms with Crippen molar-refractivity contribution >= 4 is 22.6 Å². The first-order valence-corrected chi connectivity index (χ1v) is 8.20. The molecule has 0 amide bonds. The molecule has 0 bridgehead atoms. The molecule has 1 aliphatic carbocycles. The first-order chi connectivity index (χ1) is 10.9. The van der Waals surface area contributed by atoms with Crippen LogP contribution in [0.3, 0.4) is 0 Å². The highest BCUT2D eigenvalue weighted by atomic mass is 16.3. The van der Waals surface area contributed by atoms with Crippen LogP contribution >= 0.6 is 0 Å². The Morgan fingerprint density at radius 1 is 0.875 bits per heavy atom. The second-order valence-electron chi connectivity index (χ2n) is 8.61. The number of carbonyl (C=O) groups excluding carboxylic acids is 1. The molecule has 0 saturated carbocycles. The minimum atomic E-state index is -0.311. The molecule has 1 radical (unpaired) electrons. The van der Waals surface area contributed by atoms with E-state index in [1.54, 1.807) is 6.08 Å². The maximum Gasteiger partial charge on any atom is 0.190 e. The van der Waals surface area contributed by atoms with Gasteiger partial charge in [-0.15, -0.1) is 0 Å². The van der Waals surface area contributed by atoms with Gasteiger partial charge in [0, 0.05) is 22.1 Å². The highest BCUT2D eigenvalue weighted by Crippen LogP contribution is 2.46. The Labute approximate surface area is 142 Å². The van der Waals surface area contributed by atoms with Crippen LogP contribution in [-0.2, 0) is 15.9 Å². The molecule has 0 aromatic heterocycles. The van der Waals surface area contributed by atoms with Crippen LogP contribution in [0.2, 0.25) is 0 Å². The van der Waals surface area contributed by atoms with E-state index in [2.05, 4.69) is 0 Å². The monoisotopic (exact) mass is 323 g/mol. The first kappa shape index (κ1) is 16.6. The fraction of sp³-hybridized carbons (Fsp3) is 0.381. The molecule has 1 aliphatic rings. The third-order valence-electron chi connectivity index (χ3n) is 4.65. The number of carbonyl (C=O) groups is 1. The molecule has 0 atom stereocenters. The summed E-state index contributed by atoms with van der Waals surface area (Å²) in [7, 11) is 0. The van der Waals surface area contributed by atoms with Gasteiger partial charge in [0.25, 0.3) is 0 Å². The van der Waals surface area contributed by atoms with Gasteiger partial charge in [-0.05, 0) is 40.5 Å². The Hall–Kier alpha value is -2.29. The molecule has 2 aromatic rings. The van der Waals surface area contributed by atoms with Crippen molar-refractivity contribution in [1.82, 2.24) is 0 Å². The Morgan fingerprint density at radius 2 is 1.42 bits per heavy atom. The van der Waals surface area contributed by atoms with E-state index >= 15 is 0 Å². The van der Waals surface area contributed by atoms with Crippen molar-refractivity contribution in [3.8, 4) is 11.5 Å². The second kappa shape index (κ2) is 4.85. The van der Waals surface area contributed by atoms with Crippen molar-refractivity contribution in [2.45, 2.75) is 52.4 Å². The summed E-state index contributed by atoms with van der Waals surface area (Å²) in [6.45, 7) is 12.0. The van der Waals surface area contributed by atoms with Crippen LogP contribution in [0.5, 0.6) is 11.5 Å². The van der Waals surface area contributed by atoms with Crippen molar-refractivity contribution in [2.75, 3.05) is 0 Å². The Morgan fingerprint density at radius 3 is 1.96 bits per heavy atom. The number of benzene rings is 2. The van der Waals surface area contributed by atoms with Crippen LogP contribution < -0.4 is 0 Å². The zero-order valence-electron chi connectivity index (χ0n) is 15.1. The van der Waals surface area contributed by atoms with Gasteiger partial charge in [-0.25, -0.2) is 0 Å². The highest BCUT2D eigenvalue weighted by molar-refractivity contribution is 6.22. The van der Waals surface area contributed by atoms with Crippen molar-refractivity contribution in [3.63, 3.8) is 0 Å². The lowest BCUT2D eigenvalue weighted by Gasteiger charge is -2.27. The van der Waals surface area contributed by atoms with Gasteiger partial charge in [-0.3, -0.25) is 9.90 Å². The van der Waals surface area contributed by atoms with Gasteiger partial charge in [0.15, 0.2) is 11.5 Å². The minimum Gasteiger partial charge on any atom is -0.507 e. The van der Waals surface area contributed by atoms with Crippen molar-refractivity contribution < 1.29 is 15.0 Å². The molecule has 24 heavy (non-hydrogen) atoms. The predicted octanol–water partition coefficient (Wildman–Crippen LogP) is 5.49. The average molecular weight is 323 g/mol. The Balaban J connectivity index is 2.55. The summed E-state index contributed by atoms with van der Waals surface area (Å²) in [5.74, 6) is -0.324. The molecule has 3 nitrogen and oxygen atoms in total. The predicted molar refractivity (Wildman–Crippen MR) is 96.5 cm³/mol. The summed E-state index contributed by atoms with van der Waals surface area (Å²) >= 11 is 0. The van der Waals surface area contributed by atoms with Gasteiger partial charge >= 0.3 is 0 Å². The maximum atomic E-state index is 12.9. The SMILES string of the molecule is CC(C)(C)c1cc2cc(C(C)(C)C)c(O)c3c2c(c1[O])C=CC3=O. The fourth-order valence-corrected chi connectivity index (χ4v) is 3.35. The van der Waals surface area contributed by atoms with E-state index in [1.165, 1.54) is 6.08 Å². The van der Waals surface area contributed by atoms with E-state index in [0.29, 0.717) is 10.9 Å². The summed E-state index contributed by atoms with van der Waals surface area (Å²) in [6, 6.07) is 3.80. The van der Waals surface area contributed by atoms with E-state index < -0.39 is 0 Å². The molecule has 2 aromatic carbocycles. The number of allylic oxidation sites excluding steroid dienone is 1. The van der Waals surface area contributed by atoms with Crippen LogP contribution in [0.1, 0.15) is 68.6 Å². The average Bonchev–Trinajstić information content (AvgIpc) is 2.43. The molecule has 0 saturated heterocycles. The largest absolute Gasteiger partial charge is 0.507 e. The molecular formula is C21H23O3. The van der Waals surface area contributed by atoms with Gasteiger partial charge in [0.05, 0.1) is 5.56 Å². The third-order valence-corrected chi connectivity index (χ3v) is 4.65. The molecule has 3 heteroatoms. The van der Waals surface area contributed by atoms with Crippen LogP contribution in [0.15, 0.2) is 18.2 Å². The van der Waals surface area contributed by atoms with Crippen LogP contribution in [0, 0.1) is 0 Å². The standard InChI is InChI=1S/C21H23O3/c1-20(2,3)13-9-11-10-14(21(4,5)6)19(24)17-15(22)8-7-12(16(11)17)18(13)23/h7-10,24H,1-6H3. The van der Waals surface area contributed by atoms with E-state index in [0.717, 1.165) is 16.5 Å². The normalized spacial score (nSPS) is 14.5. The zero-order chi connectivity index (χ0) is 18.0. The number of aromatic hydroxyl groups is 1. The van der Waals surface area contributed by atoms with E-state index in [1.807, 2.05) is 53.7 Å².